The molecule has 0 radical (unpaired) electrons. The monoisotopic (exact) mass is 419 g/mol. The number of aromatic nitrogens is 5. The maximum Gasteiger partial charge on any atom is 0.416 e. The van der Waals surface area contributed by atoms with Gasteiger partial charge in [-0.2, -0.15) is 13.2 Å². The Balaban J connectivity index is 1.77. The van der Waals surface area contributed by atoms with Crippen molar-refractivity contribution in [3.8, 4) is 0 Å². The highest BCUT2D eigenvalue weighted by Gasteiger charge is 2.31. The van der Waals surface area contributed by atoms with E-state index in [4.69, 9.17) is 9.72 Å². The van der Waals surface area contributed by atoms with Crippen molar-refractivity contribution in [1.29, 1.82) is 0 Å². The molecule has 150 valence electrons. The molecule has 4 heterocycles. The fraction of sp³-hybridized carbons (Fsp3) is 0.368. The first kappa shape index (κ1) is 18.4. The van der Waals surface area contributed by atoms with Crippen molar-refractivity contribution in [2.24, 2.45) is 0 Å². The highest BCUT2D eigenvalue weighted by Crippen LogP contribution is 2.36. The van der Waals surface area contributed by atoms with E-state index in [-0.39, 0.29) is 6.04 Å². The van der Waals surface area contributed by atoms with Crippen molar-refractivity contribution >= 4 is 33.5 Å². The summed E-state index contributed by atoms with van der Waals surface area (Å²) in [5, 5.41) is 6.41. The van der Waals surface area contributed by atoms with Crippen LogP contribution in [0.3, 0.4) is 0 Å². The van der Waals surface area contributed by atoms with Crippen LogP contribution in [0.2, 0.25) is 0 Å². The van der Waals surface area contributed by atoms with Crippen molar-refractivity contribution in [2.75, 3.05) is 13.2 Å². The van der Waals surface area contributed by atoms with Gasteiger partial charge in [0.05, 0.1) is 34.9 Å². The van der Waals surface area contributed by atoms with E-state index in [1.807, 2.05) is 5.38 Å². The summed E-state index contributed by atoms with van der Waals surface area (Å²) < 4.78 is 51.5. The van der Waals surface area contributed by atoms with Crippen molar-refractivity contribution in [2.45, 2.75) is 31.5 Å². The fourth-order valence-electron chi connectivity index (χ4n) is 3.89. The number of hydrogen-bond acceptors (Lipinski definition) is 6. The molecule has 10 heteroatoms. The zero-order valence-electron chi connectivity index (χ0n) is 15.2. The van der Waals surface area contributed by atoms with Crippen molar-refractivity contribution in [3.05, 3.63) is 46.9 Å². The first-order valence-electron chi connectivity index (χ1n) is 9.21. The number of ether oxygens (including phenoxy) is 1. The van der Waals surface area contributed by atoms with Crippen LogP contribution in [-0.2, 0) is 17.3 Å². The van der Waals surface area contributed by atoms with Gasteiger partial charge in [0.25, 0.3) is 0 Å². The molecule has 4 aromatic rings. The summed E-state index contributed by atoms with van der Waals surface area (Å²) in [7, 11) is 0. The fourth-order valence-corrected chi connectivity index (χ4v) is 4.34. The number of imidazole rings is 1. The first-order chi connectivity index (χ1) is 14.0. The summed E-state index contributed by atoms with van der Waals surface area (Å²) in [4.78, 5) is 9.06. The lowest BCUT2D eigenvalue weighted by molar-refractivity contribution is -0.137. The second-order valence-electron chi connectivity index (χ2n) is 7.04. The van der Waals surface area contributed by atoms with Gasteiger partial charge < -0.3 is 9.30 Å². The maximum absolute atomic E-state index is 13.4. The molecule has 0 aliphatic carbocycles. The summed E-state index contributed by atoms with van der Waals surface area (Å²) >= 11 is 1.26. The molecule has 6 nitrogen and oxygen atoms in total. The van der Waals surface area contributed by atoms with Gasteiger partial charge in [-0.3, -0.25) is 4.98 Å². The minimum atomic E-state index is -4.42. The molecule has 1 fully saturated rings. The molecule has 0 amide bonds. The first-order valence-corrected chi connectivity index (χ1v) is 10.0. The van der Waals surface area contributed by atoms with Gasteiger partial charge in [0, 0.05) is 30.0 Å². The number of nitrogens with zero attached hydrogens (tertiary/aromatic N) is 5. The number of benzene rings is 1. The third kappa shape index (κ3) is 3.36. The van der Waals surface area contributed by atoms with E-state index in [9.17, 15) is 13.2 Å². The normalized spacial score (nSPS) is 16.1. The third-order valence-electron chi connectivity index (χ3n) is 5.22. The van der Waals surface area contributed by atoms with Gasteiger partial charge in [0.2, 0.25) is 0 Å². The predicted octanol–water partition coefficient (Wildman–Crippen LogP) is 4.40. The number of pyridine rings is 1. The maximum atomic E-state index is 13.4. The Bertz CT molecular complexity index is 1170. The number of alkyl halides is 3. The van der Waals surface area contributed by atoms with Crippen LogP contribution in [0.1, 0.15) is 36.0 Å². The number of halogens is 3. The molecule has 1 aromatic carbocycles. The summed E-state index contributed by atoms with van der Waals surface area (Å²) in [6.07, 6.45) is -0.783. The van der Waals surface area contributed by atoms with Crippen molar-refractivity contribution in [1.82, 2.24) is 24.1 Å². The Morgan fingerprint density at radius 2 is 2.00 bits per heavy atom. The molecule has 1 saturated heterocycles. The van der Waals surface area contributed by atoms with E-state index in [0.29, 0.717) is 41.6 Å². The SMILES string of the molecule is FC(F)(F)c1ccc2ncc3nc(Cc4csnn4)n(C4CCOCC4)c3c2c1. The molecule has 0 N–H and O–H groups in total. The third-order valence-corrected chi connectivity index (χ3v) is 5.77. The Kier molecular flexibility index (Phi) is 4.47. The van der Waals surface area contributed by atoms with Gasteiger partial charge in [-0.25, -0.2) is 4.98 Å². The van der Waals surface area contributed by atoms with Crippen LogP contribution in [0.25, 0.3) is 21.9 Å². The van der Waals surface area contributed by atoms with Crippen LogP contribution < -0.4 is 0 Å². The molecule has 5 rings (SSSR count). The lowest BCUT2D eigenvalue weighted by Crippen LogP contribution is -2.21. The Labute approximate surface area is 167 Å². The van der Waals surface area contributed by atoms with E-state index in [2.05, 4.69) is 19.1 Å². The second-order valence-corrected chi connectivity index (χ2v) is 7.65. The van der Waals surface area contributed by atoms with Crippen LogP contribution in [-0.4, -0.2) is 37.3 Å². The Morgan fingerprint density at radius 1 is 1.17 bits per heavy atom. The van der Waals surface area contributed by atoms with Gasteiger partial charge in [0.15, 0.2) is 0 Å². The molecule has 0 saturated carbocycles. The van der Waals surface area contributed by atoms with E-state index >= 15 is 0 Å². The average Bonchev–Trinajstić information content (AvgIpc) is 3.35. The minimum Gasteiger partial charge on any atom is -0.381 e. The molecule has 0 spiro atoms. The standard InChI is InChI=1S/C19H16F3N5OS/c20-19(21,22)11-1-2-15-14(7-11)18-16(9-23-15)24-17(8-12-10-29-26-25-12)27(18)13-3-5-28-6-4-13/h1-2,7,9-10,13H,3-6,8H2. The predicted molar refractivity (Wildman–Crippen MR) is 102 cm³/mol. The largest absolute Gasteiger partial charge is 0.416 e. The quantitative estimate of drug-likeness (QED) is 0.493. The minimum absolute atomic E-state index is 0.0930. The van der Waals surface area contributed by atoms with Gasteiger partial charge in [-0.15, -0.1) is 5.10 Å². The molecular weight excluding hydrogens is 403 g/mol. The highest BCUT2D eigenvalue weighted by atomic mass is 32.1. The zero-order valence-corrected chi connectivity index (χ0v) is 16.0. The summed E-state index contributed by atoms with van der Waals surface area (Å²) in [6, 6.07) is 3.76. The van der Waals surface area contributed by atoms with Gasteiger partial charge >= 0.3 is 6.18 Å². The van der Waals surface area contributed by atoms with E-state index in [1.54, 1.807) is 6.20 Å². The molecule has 1 aliphatic rings. The van der Waals surface area contributed by atoms with Crippen molar-refractivity contribution in [3.63, 3.8) is 0 Å². The lowest BCUT2D eigenvalue weighted by Gasteiger charge is -2.26. The van der Waals surface area contributed by atoms with E-state index in [1.165, 1.54) is 23.7 Å². The number of rotatable bonds is 3. The summed E-state index contributed by atoms with van der Waals surface area (Å²) in [5.74, 6) is 0.756. The number of fused-ring (bicyclic) bond motifs is 3. The number of hydrogen-bond donors (Lipinski definition) is 0. The van der Waals surface area contributed by atoms with Crippen LogP contribution >= 0.6 is 11.5 Å². The lowest BCUT2D eigenvalue weighted by atomic mass is 10.1. The molecule has 3 aromatic heterocycles. The highest BCUT2D eigenvalue weighted by molar-refractivity contribution is 7.03. The molecule has 0 atom stereocenters. The second kappa shape index (κ2) is 7.03. The van der Waals surface area contributed by atoms with Crippen LogP contribution in [0, 0.1) is 0 Å². The smallest absolute Gasteiger partial charge is 0.381 e. The molecule has 29 heavy (non-hydrogen) atoms. The van der Waals surface area contributed by atoms with Crippen LogP contribution in [0.5, 0.6) is 0 Å². The molecular formula is C19H16F3N5OS. The topological polar surface area (TPSA) is 65.7 Å². The van der Waals surface area contributed by atoms with Gasteiger partial charge in [0.1, 0.15) is 11.3 Å². The molecule has 0 bridgehead atoms. The van der Waals surface area contributed by atoms with Crippen molar-refractivity contribution < 1.29 is 17.9 Å². The Morgan fingerprint density at radius 3 is 2.72 bits per heavy atom. The molecule has 1 aliphatic heterocycles. The van der Waals surface area contributed by atoms with Gasteiger partial charge in [-0.1, -0.05) is 4.49 Å². The average molecular weight is 419 g/mol. The molecule has 0 unspecified atom stereocenters. The van der Waals surface area contributed by atoms with E-state index < -0.39 is 11.7 Å². The summed E-state index contributed by atoms with van der Waals surface area (Å²) in [5.41, 5.74) is 1.88. The van der Waals surface area contributed by atoms with Crippen LogP contribution in [0.4, 0.5) is 13.2 Å². The van der Waals surface area contributed by atoms with E-state index in [0.717, 1.165) is 30.4 Å². The summed E-state index contributed by atoms with van der Waals surface area (Å²) in [6.45, 7) is 1.22. The Hall–Kier alpha value is -2.59. The van der Waals surface area contributed by atoms with Gasteiger partial charge in [-0.05, 0) is 42.6 Å². The zero-order chi connectivity index (χ0) is 20.0. The van der Waals surface area contributed by atoms with Crippen LogP contribution in [0.15, 0.2) is 29.8 Å².